The van der Waals surface area contributed by atoms with Crippen LogP contribution < -0.4 is 4.74 Å². The van der Waals surface area contributed by atoms with Gasteiger partial charge in [-0.05, 0) is 41.8 Å². The third-order valence-electron chi connectivity index (χ3n) is 5.34. The number of aromatic nitrogens is 1. The van der Waals surface area contributed by atoms with Crippen LogP contribution in [0, 0.1) is 0 Å². The van der Waals surface area contributed by atoms with E-state index in [9.17, 15) is 14.7 Å². The largest absolute Gasteiger partial charge is 0.507 e. The maximum Gasteiger partial charge on any atom is 0.295 e. The molecule has 1 aliphatic rings. The van der Waals surface area contributed by atoms with Crippen LogP contribution in [-0.4, -0.2) is 33.3 Å². The first kappa shape index (κ1) is 21.3. The van der Waals surface area contributed by atoms with E-state index in [0.29, 0.717) is 23.5 Å². The molecule has 6 nitrogen and oxygen atoms in total. The summed E-state index contributed by atoms with van der Waals surface area (Å²) < 4.78 is 5.66. The van der Waals surface area contributed by atoms with Crippen LogP contribution in [0.15, 0.2) is 84.7 Å². The molecule has 2 heterocycles. The predicted molar refractivity (Wildman–Crippen MR) is 121 cm³/mol. The van der Waals surface area contributed by atoms with E-state index >= 15 is 0 Å². The van der Waals surface area contributed by atoms with Crippen molar-refractivity contribution >= 4 is 17.4 Å². The van der Waals surface area contributed by atoms with Gasteiger partial charge in [-0.1, -0.05) is 49.4 Å². The Balaban J connectivity index is 1.80. The number of benzene rings is 2. The minimum atomic E-state index is -0.724. The molecule has 0 saturated carbocycles. The Bertz CT molecular complexity index is 1140. The van der Waals surface area contributed by atoms with Crippen LogP contribution in [0.2, 0.25) is 0 Å². The summed E-state index contributed by atoms with van der Waals surface area (Å²) in [5.41, 5.74) is 2.08. The van der Waals surface area contributed by atoms with Crippen LogP contribution in [0.3, 0.4) is 0 Å². The number of carbonyl (C=O) groups is 2. The second-order valence-corrected chi connectivity index (χ2v) is 7.57. The predicted octanol–water partition coefficient (Wildman–Crippen LogP) is 4.49. The van der Waals surface area contributed by atoms with Gasteiger partial charge in [-0.2, -0.15) is 0 Å². The van der Waals surface area contributed by atoms with E-state index in [2.05, 4.69) is 4.98 Å². The molecular formula is C26H24N2O4. The molecule has 0 bridgehead atoms. The molecule has 1 unspecified atom stereocenters. The highest BCUT2D eigenvalue weighted by atomic mass is 16.5. The number of carbonyl (C=O) groups excluding carboxylic acids is 2. The van der Waals surface area contributed by atoms with Gasteiger partial charge < -0.3 is 14.7 Å². The van der Waals surface area contributed by atoms with E-state index in [1.807, 2.05) is 37.3 Å². The zero-order valence-corrected chi connectivity index (χ0v) is 17.8. The Morgan fingerprint density at radius 3 is 2.50 bits per heavy atom. The fourth-order valence-electron chi connectivity index (χ4n) is 3.82. The molecular weight excluding hydrogens is 404 g/mol. The topological polar surface area (TPSA) is 79.7 Å². The standard InChI is InChI=1S/C26H24N2O4/c1-2-15-32-21-10-6-9-20(16-21)24(29)22-23(19-11-13-27-14-12-19)28(26(31)25(22)30)17-18-7-4-3-5-8-18/h3-14,16,23,29H,2,15,17H2,1H3. The van der Waals surface area contributed by atoms with Crippen molar-refractivity contribution in [3.05, 3.63) is 101 Å². The van der Waals surface area contributed by atoms with Crippen molar-refractivity contribution in [2.75, 3.05) is 6.61 Å². The number of hydrogen-bond donors (Lipinski definition) is 1. The van der Waals surface area contributed by atoms with Gasteiger partial charge in [-0.25, -0.2) is 0 Å². The zero-order chi connectivity index (χ0) is 22.5. The summed E-state index contributed by atoms with van der Waals surface area (Å²) in [5.74, 6) is -0.978. The molecule has 1 atom stereocenters. The lowest BCUT2D eigenvalue weighted by molar-refractivity contribution is -0.140. The maximum absolute atomic E-state index is 13.1. The number of ether oxygens (including phenoxy) is 1. The molecule has 3 aromatic rings. The van der Waals surface area contributed by atoms with Crippen LogP contribution in [0.25, 0.3) is 5.76 Å². The normalized spacial score (nSPS) is 17.5. The second kappa shape index (κ2) is 9.47. The second-order valence-electron chi connectivity index (χ2n) is 7.57. The Hall–Kier alpha value is -3.93. The van der Waals surface area contributed by atoms with Crippen LogP contribution in [-0.2, 0) is 16.1 Å². The Morgan fingerprint density at radius 1 is 1.03 bits per heavy atom. The summed E-state index contributed by atoms with van der Waals surface area (Å²) in [6.07, 6.45) is 4.07. The molecule has 2 aromatic carbocycles. The zero-order valence-electron chi connectivity index (χ0n) is 17.8. The molecule has 1 amide bonds. The van der Waals surface area contributed by atoms with E-state index < -0.39 is 17.7 Å². The van der Waals surface area contributed by atoms with E-state index in [-0.39, 0.29) is 17.9 Å². The van der Waals surface area contributed by atoms with Gasteiger partial charge in [-0.3, -0.25) is 14.6 Å². The van der Waals surface area contributed by atoms with Gasteiger partial charge in [0.2, 0.25) is 0 Å². The van der Waals surface area contributed by atoms with Crippen molar-refractivity contribution in [1.29, 1.82) is 0 Å². The van der Waals surface area contributed by atoms with E-state index in [4.69, 9.17) is 4.74 Å². The van der Waals surface area contributed by atoms with E-state index in [1.165, 1.54) is 4.90 Å². The average Bonchev–Trinajstić information content (AvgIpc) is 3.08. The third-order valence-corrected chi connectivity index (χ3v) is 5.34. The summed E-state index contributed by atoms with van der Waals surface area (Å²) in [4.78, 5) is 31.7. The number of aliphatic hydroxyl groups excluding tert-OH is 1. The Morgan fingerprint density at radius 2 is 1.78 bits per heavy atom. The first-order valence-electron chi connectivity index (χ1n) is 10.6. The molecule has 32 heavy (non-hydrogen) atoms. The van der Waals surface area contributed by atoms with Gasteiger partial charge in [0.1, 0.15) is 11.5 Å². The first-order chi connectivity index (χ1) is 15.6. The SMILES string of the molecule is CCCOc1cccc(C(O)=C2C(=O)C(=O)N(Cc3ccccc3)C2c2ccncc2)c1. The summed E-state index contributed by atoms with van der Waals surface area (Å²) in [7, 11) is 0. The smallest absolute Gasteiger partial charge is 0.295 e. The summed E-state index contributed by atoms with van der Waals surface area (Å²) in [5, 5.41) is 11.2. The number of nitrogens with zero attached hydrogens (tertiary/aromatic N) is 2. The number of pyridine rings is 1. The summed E-state index contributed by atoms with van der Waals surface area (Å²) >= 11 is 0. The van der Waals surface area contributed by atoms with Crippen molar-refractivity contribution in [1.82, 2.24) is 9.88 Å². The van der Waals surface area contributed by atoms with Crippen LogP contribution >= 0.6 is 0 Å². The van der Waals surface area contributed by atoms with E-state index in [0.717, 1.165) is 12.0 Å². The van der Waals surface area contributed by atoms with Gasteiger partial charge in [-0.15, -0.1) is 0 Å². The van der Waals surface area contributed by atoms with Crippen molar-refractivity contribution in [3.63, 3.8) is 0 Å². The minimum Gasteiger partial charge on any atom is -0.507 e. The lowest BCUT2D eigenvalue weighted by Gasteiger charge is -2.25. The average molecular weight is 428 g/mol. The van der Waals surface area contributed by atoms with Crippen LogP contribution in [0.1, 0.15) is 36.1 Å². The lowest BCUT2D eigenvalue weighted by atomic mass is 9.95. The molecule has 162 valence electrons. The van der Waals surface area contributed by atoms with Crippen LogP contribution in [0.5, 0.6) is 5.75 Å². The molecule has 6 heteroatoms. The first-order valence-corrected chi connectivity index (χ1v) is 10.6. The molecule has 1 aliphatic heterocycles. The lowest BCUT2D eigenvalue weighted by Crippen LogP contribution is -2.29. The van der Waals surface area contributed by atoms with Crippen molar-refractivity contribution < 1.29 is 19.4 Å². The fourth-order valence-corrected chi connectivity index (χ4v) is 3.82. The highest BCUT2D eigenvalue weighted by molar-refractivity contribution is 6.46. The number of amides is 1. The van der Waals surface area contributed by atoms with Gasteiger partial charge in [0.15, 0.2) is 0 Å². The minimum absolute atomic E-state index is 0.0600. The fraction of sp³-hybridized carbons (Fsp3) is 0.192. The molecule has 1 saturated heterocycles. The number of hydrogen-bond acceptors (Lipinski definition) is 5. The molecule has 4 rings (SSSR count). The van der Waals surface area contributed by atoms with Crippen molar-refractivity contribution in [2.45, 2.75) is 25.9 Å². The quantitative estimate of drug-likeness (QED) is 0.341. The van der Waals surface area contributed by atoms with Crippen molar-refractivity contribution in [2.24, 2.45) is 0 Å². The van der Waals surface area contributed by atoms with E-state index in [1.54, 1.807) is 48.8 Å². The number of likely N-dealkylation sites (tertiary alicyclic amines) is 1. The van der Waals surface area contributed by atoms with Gasteiger partial charge >= 0.3 is 0 Å². The molecule has 0 radical (unpaired) electrons. The number of ketones is 1. The molecule has 1 aromatic heterocycles. The molecule has 1 fully saturated rings. The van der Waals surface area contributed by atoms with Crippen LogP contribution in [0.4, 0.5) is 0 Å². The molecule has 0 spiro atoms. The van der Waals surface area contributed by atoms with Crippen molar-refractivity contribution in [3.8, 4) is 5.75 Å². The summed E-state index contributed by atoms with van der Waals surface area (Å²) in [6, 6.07) is 19.2. The molecule has 1 N–H and O–H groups in total. The highest BCUT2D eigenvalue weighted by Crippen LogP contribution is 2.40. The maximum atomic E-state index is 13.1. The monoisotopic (exact) mass is 428 g/mol. The number of rotatable bonds is 7. The Kier molecular flexibility index (Phi) is 6.31. The Labute approximate surface area is 186 Å². The molecule has 0 aliphatic carbocycles. The third kappa shape index (κ3) is 4.25. The highest BCUT2D eigenvalue weighted by Gasteiger charge is 2.46. The van der Waals surface area contributed by atoms with Gasteiger partial charge in [0.25, 0.3) is 11.7 Å². The number of aliphatic hydroxyl groups is 1. The number of Topliss-reactive ketones (excluding diaryl/α,β-unsaturated/α-hetero) is 1. The van der Waals surface area contributed by atoms with Gasteiger partial charge in [0, 0.05) is 24.5 Å². The summed E-state index contributed by atoms with van der Waals surface area (Å²) in [6.45, 7) is 2.80. The van der Waals surface area contributed by atoms with Gasteiger partial charge in [0.05, 0.1) is 18.2 Å².